The van der Waals surface area contributed by atoms with Gasteiger partial charge in [-0.1, -0.05) is 28.1 Å². The Bertz CT molecular complexity index is 404. The van der Waals surface area contributed by atoms with Crippen molar-refractivity contribution >= 4 is 27.5 Å². The fraction of sp³-hybridized carbons (Fsp3) is 0.214. The van der Waals surface area contributed by atoms with Gasteiger partial charge in [-0.2, -0.15) is 0 Å². The summed E-state index contributed by atoms with van der Waals surface area (Å²) >= 11 is 3.36. The minimum absolute atomic E-state index is 0.0257. The number of nitrogens with one attached hydrogen (secondary N) is 1. The maximum Gasteiger partial charge on any atom is 0.242 e. The number of hydrogen-bond donors (Lipinski definition) is 1. The van der Waals surface area contributed by atoms with Crippen molar-refractivity contribution in [3.63, 3.8) is 0 Å². The number of rotatable bonds is 7. The van der Waals surface area contributed by atoms with Crippen molar-refractivity contribution in [2.45, 2.75) is 0 Å². The molecule has 0 aromatic heterocycles. The summed E-state index contributed by atoms with van der Waals surface area (Å²) in [6.45, 7) is 8.61. The summed E-state index contributed by atoms with van der Waals surface area (Å²) in [5.41, 5.74) is 0.920. The first-order valence-corrected chi connectivity index (χ1v) is 6.45. The highest BCUT2D eigenvalue weighted by Crippen LogP contribution is 2.13. The molecular formula is C14H17BrN2O. The van der Waals surface area contributed by atoms with Crippen LogP contribution in [0.2, 0.25) is 0 Å². The molecule has 0 heterocycles. The lowest BCUT2D eigenvalue weighted by Gasteiger charge is -2.19. The average Bonchev–Trinajstić information content (AvgIpc) is 2.37. The van der Waals surface area contributed by atoms with E-state index in [-0.39, 0.29) is 12.5 Å². The largest absolute Gasteiger partial charge is 0.376 e. The van der Waals surface area contributed by atoms with E-state index in [1.165, 1.54) is 0 Å². The molecule has 96 valence electrons. The van der Waals surface area contributed by atoms with E-state index in [1.54, 1.807) is 17.1 Å². The predicted molar refractivity (Wildman–Crippen MR) is 79.6 cm³/mol. The molecule has 0 saturated carbocycles. The second-order valence-electron chi connectivity index (χ2n) is 3.74. The molecule has 0 radical (unpaired) electrons. The van der Waals surface area contributed by atoms with Gasteiger partial charge in [-0.3, -0.25) is 4.79 Å². The number of nitrogens with zero attached hydrogens (tertiary/aromatic N) is 1. The summed E-state index contributed by atoms with van der Waals surface area (Å²) in [5, 5.41) is 3.09. The second kappa shape index (κ2) is 7.71. The van der Waals surface area contributed by atoms with Crippen molar-refractivity contribution in [2.75, 3.05) is 25.0 Å². The van der Waals surface area contributed by atoms with E-state index in [9.17, 15) is 4.79 Å². The van der Waals surface area contributed by atoms with Crippen molar-refractivity contribution < 1.29 is 4.79 Å². The number of hydrogen-bond acceptors (Lipinski definition) is 2. The second-order valence-corrected chi connectivity index (χ2v) is 4.65. The minimum atomic E-state index is 0.0257. The summed E-state index contributed by atoms with van der Waals surface area (Å²) in [7, 11) is 0. The van der Waals surface area contributed by atoms with Crippen LogP contribution >= 0.6 is 15.9 Å². The zero-order chi connectivity index (χ0) is 13.4. The standard InChI is InChI=1S/C14H17BrN2O/c1-3-9-17(10-4-2)14(18)11-16-13-7-5-12(15)6-8-13/h3-8,16H,1-2,9-11H2. The summed E-state index contributed by atoms with van der Waals surface area (Å²) in [6, 6.07) is 7.70. The van der Waals surface area contributed by atoms with Gasteiger partial charge >= 0.3 is 0 Å². The quantitative estimate of drug-likeness (QED) is 0.785. The number of carbonyl (C=O) groups excluding carboxylic acids is 1. The molecular weight excluding hydrogens is 292 g/mol. The fourth-order valence-electron chi connectivity index (χ4n) is 1.45. The Labute approximate surface area is 116 Å². The summed E-state index contributed by atoms with van der Waals surface area (Å²) in [4.78, 5) is 13.6. The van der Waals surface area contributed by atoms with E-state index in [0.717, 1.165) is 10.2 Å². The maximum atomic E-state index is 11.9. The zero-order valence-electron chi connectivity index (χ0n) is 10.2. The lowest BCUT2D eigenvalue weighted by molar-refractivity contribution is -0.128. The van der Waals surface area contributed by atoms with Crippen LogP contribution in [-0.4, -0.2) is 30.4 Å². The SMILES string of the molecule is C=CCN(CC=C)C(=O)CNc1ccc(Br)cc1. The molecule has 0 unspecified atom stereocenters. The average molecular weight is 309 g/mol. The molecule has 4 heteroatoms. The van der Waals surface area contributed by atoms with E-state index >= 15 is 0 Å². The van der Waals surface area contributed by atoms with Crippen molar-refractivity contribution in [3.05, 3.63) is 54.0 Å². The van der Waals surface area contributed by atoms with Crippen molar-refractivity contribution in [1.82, 2.24) is 4.90 Å². The normalized spacial score (nSPS) is 9.61. The molecule has 0 bridgehead atoms. The van der Waals surface area contributed by atoms with E-state index in [4.69, 9.17) is 0 Å². The molecule has 18 heavy (non-hydrogen) atoms. The molecule has 1 amide bonds. The Morgan fingerprint density at radius 2 is 1.78 bits per heavy atom. The first kappa shape index (κ1) is 14.5. The Balaban J connectivity index is 2.50. The topological polar surface area (TPSA) is 32.3 Å². The predicted octanol–water partition coefficient (Wildman–Crippen LogP) is 3.06. The maximum absolute atomic E-state index is 11.9. The lowest BCUT2D eigenvalue weighted by atomic mass is 10.3. The van der Waals surface area contributed by atoms with Gasteiger partial charge in [-0.25, -0.2) is 0 Å². The molecule has 0 saturated heterocycles. The molecule has 0 fully saturated rings. The molecule has 1 rings (SSSR count). The van der Waals surface area contributed by atoms with Crippen LogP contribution in [0.3, 0.4) is 0 Å². The summed E-state index contributed by atoms with van der Waals surface area (Å²) < 4.78 is 1.01. The van der Waals surface area contributed by atoms with Gasteiger partial charge in [0, 0.05) is 23.2 Å². The first-order chi connectivity index (χ1) is 8.67. The smallest absolute Gasteiger partial charge is 0.242 e. The molecule has 1 aromatic rings. The molecule has 0 aliphatic heterocycles. The van der Waals surface area contributed by atoms with Gasteiger partial charge < -0.3 is 10.2 Å². The highest BCUT2D eigenvalue weighted by atomic mass is 79.9. The van der Waals surface area contributed by atoms with Crippen molar-refractivity contribution in [3.8, 4) is 0 Å². The number of anilines is 1. The Morgan fingerprint density at radius 1 is 1.22 bits per heavy atom. The Morgan fingerprint density at radius 3 is 2.28 bits per heavy atom. The van der Waals surface area contributed by atoms with Gasteiger partial charge in [-0.05, 0) is 24.3 Å². The molecule has 3 nitrogen and oxygen atoms in total. The molecule has 1 N–H and O–H groups in total. The fourth-order valence-corrected chi connectivity index (χ4v) is 1.71. The highest BCUT2D eigenvalue weighted by Gasteiger charge is 2.09. The third kappa shape index (κ3) is 4.75. The molecule has 1 aromatic carbocycles. The van der Waals surface area contributed by atoms with Crippen LogP contribution in [0.1, 0.15) is 0 Å². The van der Waals surface area contributed by atoms with Crippen LogP contribution in [-0.2, 0) is 4.79 Å². The van der Waals surface area contributed by atoms with Crippen LogP contribution < -0.4 is 5.32 Å². The number of amides is 1. The Kier molecular flexibility index (Phi) is 6.22. The van der Waals surface area contributed by atoms with Gasteiger partial charge in [0.15, 0.2) is 0 Å². The van der Waals surface area contributed by atoms with Crippen LogP contribution in [0, 0.1) is 0 Å². The van der Waals surface area contributed by atoms with E-state index in [2.05, 4.69) is 34.4 Å². The van der Waals surface area contributed by atoms with Crippen LogP contribution in [0.25, 0.3) is 0 Å². The van der Waals surface area contributed by atoms with Crippen LogP contribution in [0.4, 0.5) is 5.69 Å². The van der Waals surface area contributed by atoms with Gasteiger partial charge in [0.2, 0.25) is 5.91 Å². The molecule has 0 spiro atoms. The number of carbonyl (C=O) groups is 1. The third-order valence-corrected chi connectivity index (χ3v) is 2.87. The van der Waals surface area contributed by atoms with Gasteiger partial charge in [-0.15, -0.1) is 13.2 Å². The first-order valence-electron chi connectivity index (χ1n) is 5.66. The van der Waals surface area contributed by atoms with Crippen molar-refractivity contribution in [1.29, 1.82) is 0 Å². The van der Waals surface area contributed by atoms with E-state index in [1.807, 2.05) is 24.3 Å². The zero-order valence-corrected chi connectivity index (χ0v) is 11.8. The van der Waals surface area contributed by atoms with Crippen molar-refractivity contribution in [2.24, 2.45) is 0 Å². The van der Waals surface area contributed by atoms with E-state index < -0.39 is 0 Å². The minimum Gasteiger partial charge on any atom is -0.376 e. The van der Waals surface area contributed by atoms with Crippen LogP contribution in [0.5, 0.6) is 0 Å². The summed E-state index contributed by atoms with van der Waals surface area (Å²) in [5.74, 6) is 0.0257. The number of benzene rings is 1. The van der Waals surface area contributed by atoms with E-state index in [0.29, 0.717) is 13.1 Å². The highest BCUT2D eigenvalue weighted by molar-refractivity contribution is 9.10. The van der Waals surface area contributed by atoms with Crippen LogP contribution in [0.15, 0.2) is 54.0 Å². The monoisotopic (exact) mass is 308 g/mol. The van der Waals surface area contributed by atoms with Gasteiger partial charge in [0.1, 0.15) is 0 Å². The number of halogens is 1. The van der Waals surface area contributed by atoms with Gasteiger partial charge in [0.25, 0.3) is 0 Å². The Hall–Kier alpha value is -1.55. The summed E-state index contributed by atoms with van der Waals surface area (Å²) in [6.07, 6.45) is 3.42. The molecule has 0 atom stereocenters. The van der Waals surface area contributed by atoms with Gasteiger partial charge in [0.05, 0.1) is 6.54 Å². The third-order valence-electron chi connectivity index (χ3n) is 2.34. The lowest BCUT2D eigenvalue weighted by Crippen LogP contribution is -2.35. The molecule has 0 aliphatic carbocycles. The molecule has 0 aliphatic rings.